The van der Waals surface area contributed by atoms with Crippen LogP contribution in [0.2, 0.25) is 0 Å². The van der Waals surface area contributed by atoms with Gasteiger partial charge in [0.1, 0.15) is 5.82 Å². The van der Waals surface area contributed by atoms with Gasteiger partial charge >= 0.3 is 5.97 Å². The standard InChI is InChI=1S/C25H27FN2O3/c1-4-17(3)24(29)27-22-21(19-12-9-13-20(26)14-19)16-28(23(22)25(30)31-5-2)15-18-10-7-6-8-11-18/h6-14,16-17H,4-5,15H2,1-3H3,(H,27,29). The number of anilines is 1. The van der Waals surface area contributed by atoms with Crippen LogP contribution in [0.15, 0.2) is 60.8 Å². The van der Waals surface area contributed by atoms with Crippen LogP contribution in [0.25, 0.3) is 11.1 Å². The Balaban J connectivity index is 2.18. The summed E-state index contributed by atoms with van der Waals surface area (Å²) < 4.78 is 21.0. The second kappa shape index (κ2) is 10.1. The van der Waals surface area contributed by atoms with Gasteiger partial charge in [0, 0.05) is 24.2 Å². The third-order valence-corrected chi connectivity index (χ3v) is 5.19. The van der Waals surface area contributed by atoms with E-state index in [9.17, 15) is 14.0 Å². The van der Waals surface area contributed by atoms with Crippen molar-refractivity contribution in [2.75, 3.05) is 11.9 Å². The molecule has 0 aliphatic heterocycles. The van der Waals surface area contributed by atoms with Gasteiger partial charge in [0.2, 0.25) is 5.91 Å². The van der Waals surface area contributed by atoms with Crippen LogP contribution in [0.5, 0.6) is 0 Å². The first-order chi connectivity index (χ1) is 14.9. The van der Waals surface area contributed by atoms with E-state index >= 15 is 0 Å². The lowest BCUT2D eigenvalue weighted by atomic mass is 10.0. The monoisotopic (exact) mass is 422 g/mol. The molecule has 2 aromatic carbocycles. The van der Waals surface area contributed by atoms with Crippen molar-refractivity contribution in [3.05, 3.63) is 77.9 Å². The number of benzene rings is 2. The van der Waals surface area contributed by atoms with Gasteiger partial charge in [-0.3, -0.25) is 4.79 Å². The number of esters is 1. The minimum atomic E-state index is -0.541. The maximum Gasteiger partial charge on any atom is 0.357 e. The molecule has 1 atom stereocenters. The first kappa shape index (κ1) is 22.3. The predicted octanol–water partition coefficient (Wildman–Crippen LogP) is 5.50. The van der Waals surface area contributed by atoms with E-state index in [1.54, 1.807) is 29.8 Å². The Labute approximate surface area is 181 Å². The number of aromatic nitrogens is 1. The highest BCUT2D eigenvalue weighted by atomic mass is 19.1. The van der Waals surface area contributed by atoms with E-state index in [2.05, 4.69) is 5.32 Å². The fourth-order valence-electron chi connectivity index (χ4n) is 3.31. The molecule has 3 aromatic rings. The van der Waals surface area contributed by atoms with Gasteiger partial charge in [-0.1, -0.05) is 56.3 Å². The summed E-state index contributed by atoms with van der Waals surface area (Å²) in [6.45, 7) is 6.07. The molecule has 0 radical (unpaired) electrons. The van der Waals surface area contributed by atoms with E-state index in [1.165, 1.54) is 12.1 Å². The molecule has 1 amide bonds. The average Bonchev–Trinajstić information content (AvgIpc) is 3.11. The smallest absolute Gasteiger partial charge is 0.357 e. The van der Waals surface area contributed by atoms with Crippen LogP contribution in [0.4, 0.5) is 10.1 Å². The highest BCUT2D eigenvalue weighted by molar-refractivity contribution is 6.06. The van der Waals surface area contributed by atoms with Crippen LogP contribution in [0, 0.1) is 11.7 Å². The number of carbonyl (C=O) groups excluding carboxylic acids is 2. The van der Waals surface area contributed by atoms with E-state index in [0.717, 1.165) is 5.56 Å². The van der Waals surface area contributed by atoms with Gasteiger partial charge in [0.25, 0.3) is 0 Å². The summed E-state index contributed by atoms with van der Waals surface area (Å²) in [7, 11) is 0. The fourth-order valence-corrected chi connectivity index (χ4v) is 3.31. The Kier molecular flexibility index (Phi) is 7.23. The highest BCUT2D eigenvalue weighted by Gasteiger charge is 2.26. The van der Waals surface area contributed by atoms with Gasteiger partial charge < -0.3 is 14.6 Å². The Morgan fingerprint density at radius 3 is 2.48 bits per heavy atom. The topological polar surface area (TPSA) is 60.3 Å². The summed E-state index contributed by atoms with van der Waals surface area (Å²) in [5.41, 5.74) is 2.69. The maximum absolute atomic E-state index is 14.0. The van der Waals surface area contributed by atoms with Crippen molar-refractivity contribution >= 4 is 17.6 Å². The molecule has 0 saturated heterocycles. The van der Waals surface area contributed by atoms with Gasteiger partial charge in [0.05, 0.1) is 12.3 Å². The van der Waals surface area contributed by atoms with Crippen LogP contribution in [-0.4, -0.2) is 23.1 Å². The number of ether oxygens (including phenoxy) is 1. The van der Waals surface area contributed by atoms with Gasteiger partial charge in [-0.05, 0) is 36.6 Å². The maximum atomic E-state index is 14.0. The van der Waals surface area contributed by atoms with E-state index in [-0.39, 0.29) is 24.1 Å². The molecule has 6 heteroatoms. The fraction of sp³-hybridized carbons (Fsp3) is 0.280. The van der Waals surface area contributed by atoms with Crippen molar-refractivity contribution in [2.24, 2.45) is 5.92 Å². The summed E-state index contributed by atoms with van der Waals surface area (Å²) in [5, 5.41) is 2.91. The number of nitrogens with zero attached hydrogens (tertiary/aromatic N) is 1. The van der Waals surface area contributed by atoms with E-state index < -0.39 is 11.8 Å². The number of hydrogen-bond acceptors (Lipinski definition) is 3. The highest BCUT2D eigenvalue weighted by Crippen LogP contribution is 2.35. The normalized spacial score (nSPS) is 11.7. The summed E-state index contributed by atoms with van der Waals surface area (Å²) in [6, 6.07) is 15.8. The number of amides is 1. The predicted molar refractivity (Wildman–Crippen MR) is 119 cm³/mol. The second-order valence-electron chi connectivity index (χ2n) is 7.41. The molecule has 31 heavy (non-hydrogen) atoms. The molecule has 0 bridgehead atoms. The van der Waals surface area contributed by atoms with E-state index in [0.29, 0.717) is 29.8 Å². The molecular formula is C25H27FN2O3. The van der Waals surface area contributed by atoms with Crippen LogP contribution in [0.1, 0.15) is 43.2 Å². The van der Waals surface area contributed by atoms with Crippen molar-refractivity contribution in [3.63, 3.8) is 0 Å². The minimum Gasteiger partial charge on any atom is -0.461 e. The molecule has 1 aromatic heterocycles. The molecule has 0 aliphatic carbocycles. The molecular weight excluding hydrogens is 395 g/mol. The molecule has 0 fully saturated rings. The van der Waals surface area contributed by atoms with Gasteiger partial charge in [-0.2, -0.15) is 0 Å². The zero-order valence-corrected chi connectivity index (χ0v) is 18.0. The molecule has 0 saturated carbocycles. The first-order valence-corrected chi connectivity index (χ1v) is 10.5. The molecule has 0 spiro atoms. The molecule has 3 rings (SSSR count). The summed E-state index contributed by atoms with van der Waals surface area (Å²) in [4.78, 5) is 25.7. The van der Waals surface area contributed by atoms with E-state index in [4.69, 9.17) is 4.74 Å². The summed E-state index contributed by atoms with van der Waals surface area (Å²) >= 11 is 0. The van der Waals surface area contributed by atoms with Crippen LogP contribution < -0.4 is 5.32 Å². The molecule has 162 valence electrons. The van der Waals surface area contributed by atoms with Crippen molar-refractivity contribution in [1.29, 1.82) is 0 Å². The van der Waals surface area contributed by atoms with Crippen molar-refractivity contribution in [1.82, 2.24) is 4.57 Å². The quantitative estimate of drug-likeness (QED) is 0.488. The van der Waals surface area contributed by atoms with Crippen LogP contribution in [0.3, 0.4) is 0 Å². The number of hydrogen-bond donors (Lipinski definition) is 1. The zero-order valence-electron chi connectivity index (χ0n) is 18.0. The van der Waals surface area contributed by atoms with Crippen LogP contribution in [-0.2, 0) is 16.1 Å². The third kappa shape index (κ3) is 5.20. The van der Waals surface area contributed by atoms with Crippen molar-refractivity contribution in [2.45, 2.75) is 33.7 Å². The molecule has 1 unspecified atom stereocenters. The lowest BCUT2D eigenvalue weighted by molar-refractivity contribution is -0.119. The van der Waals surface area contributed by atoms with Crippen molar-refractivity contribution in [3.8, 4) is 11.1 Å². The first-order valence-electron chi connectivity index (χ1n) is 10.5. The summed E-state index contributed by atoms with van der Waals surface area (Å²) in [5.74, 6) is -1.39. The minimum absolute atomic E-state index is 0.198. The third-order valence-electron chi connectivity index (χ3n) is 5.19. The van der Waals surface area contributed by atoms with Gasteiger partial charge in [-0.25, -0.2) is 9.18 Å². The number of halogens is 1. The van der Waals surface area contributed by atoms with E-state index in [1.807, 2.05) is 44.2 Å². The molecule has 1 N–H and O–H groups in total. The number of rotatable bonds is 8. The summed E-state index contributed by atoms with van der Waals surface area (Å²) in [6.07, 6.45) is 2.42. The number of nitrogens with one attached hydrogen (secondary N) is 1. The lowest BCUT2D eigenvalue weighted by Gasteiger charge is -2.14. The van der Waals surface area contributed by atoms with Crippen LogP contribution >= 0.6 is 0 Å². The molecule has 5 nitrogen and oxygen atoms in total. The Morgan fingerprint density at radius 2 is 1.84 bits per heavy atom. The molecule has 1 heterocycles. The van der Waals surface area contributed by atoms with Gasteiger partial charge in [0.15, 0.2) is 5.69 Å². The largest absolute Gasteiger partial charge is 0.461 e. The Bertz CT molecular complexity index is 1060. The zero-order chi connectivity index (χ0) is 22.4. The lowest BCUT2D eigenvalue weighted by Crippen LogP contribution is -2.22. The Morgan fingerprint density at radius 1 is 1.10 bits per heavy atom. The SMILES string of the molecule is CCOC(=O)c1c(NC(=O)C(C)CC)c(-c2cccc(F)c2)cn1Cc1ccccc1. The average molecular weight is 423 g/mol. The number of carbonyl (C=O) groups is 2. The van der Waals surface area contributed by atoms with Gasteiger partial charge in [-0.15, -0.1) is 0 Å². The Hall–Kier alpha value is -3.41. The molecule has 0 aliphatic rings. The second-order valence-corrected chi connectivity index (χ2v) is 7.41. The van der Waals surface area contributed by atoms with Crippen molar-refractivity contribution < 1.29 is 18.7 Å².